The van der Waals surface area contributed by atoms with E-state index in [1.165, 1.54) is 24.3 Å². The van der Waals surface area contributed by atoms with Crippen LogP contribution in [0.4, 0.5) is 5.69 Å². The molecule has 152 valence electrons. The second-order valence-electron chi connectivity index (χ2n) is 7.63. The van der Waals surface area contributed by atoms with Crippen LogP contribution in [0.25, 0.3) is 0 Å². The number of hydrogen-bond acceptors (Lipinski definition) is 4. The lowest BCUT2D eigenvalue weighted by Gasteiger charge is -2.20. The highest BCUT2D eigenvalue weighted by molar-refractivity contribution is 7.89. The first-order valence-electron chi connectivity index (χ1n) is 9.17. The number of para-hydroxylation sites is 1. The largest absolute Gasteiger partial charge is 0.484 e. The third-order valence-corrected chi connectivity index (χ3v) is 5.72. The molecule has 0 bridgehead atoms. The summed E-state index contributed by atoms with van der Waals surface area (Å²) < 4.78 is 32.7. The maximum absolute atomic E-state index is 12.3. The van der Waals surface area contributed by atoms with Crippen LogP contribution >= 0.6 is 0 Å². The Morgan fingerprint density at radius 2 is 1.71 bits per heavy atom. The molecule has 0 atom stereocenters. The summed E-state index contributed by atoms with van der Waals surface area (Å²) in [5.74, 6) is 0.153. The molecule has 0 aromatic heterocycles. The number of sulfonamides is 1. The zero-order valence-corrected chi connectivity index (χ0v) is 17.8. The summed E-state index contributed by atoms with van der Waals surface area (Å²) in [6.45, 7) is 9.15. The van der Waals surface area contributed by atoms with Gasteiger partial charge in [0.1, 0.15) is 5.75 Å². The second kappa shape index (κ2) is 8.75. The van der Waals surface area contributed by atoms with Crippen LogP contribution in [-0.4, -0.2) is 26.5 Å². The lowest BCUT2D eigenvalue weighted by molar-refractivity contribution is -0.118. The minimum Gasteiger partial charge on any atom is -0.484 e. The van der Waals surface area contributed by atoms with E-state index in [9.17, 15) is 13.2 Å². The fourth-order valence-corrected chi connectivity index (χ4v) is 4.12. The van der Waals surface area contributed by atoms with E-state index in [-0.39, 0.29) is 17.4 Å². The summed E-state index contributed by atoms with van der Waals surface area (Å²) in [4.78, 5) is 12.4. The van der Waals surface area contributed by atoms with Crippen molar-refractivity contribution in [3.05, 3.63) is 53.6 Å². The summed E-state index contributed by atoms with van der Waals surface area (Å²) in [7, 11) is -3.60. The first kappa shape index (κ1) is 21.9. The van der Waals surface area contributed by atoms with Crippen molar-refractivity contribution in [2.24, 2.45) is 0 Å². The van der Waals surface area contributed by atoms with Gasteiger partial charge in [0.15, 0.2) is 6.61 Å². The molecular weight excluding hydrogens is 376 g/mol. The summed E-state index contributed by atoms with van der Waals surface area (Å²) >= 11 is 0. The van der Waals surface area contributed by atoms with Crippen molar-refractivity contribution in [2.75, 3.05) is 11.9 Å². The van der Waals surface area contributed by atoms with Crippen LogP contribution < -0.4 is 14.8 Å². The average molecular weight is 405 g/mol. The van der Waals surface area contributed by atoms with E-state index in [4.69, 9.17) is 4.74 Å². The van der Waals surface area contributed by atoms with Crippen LogP contribution in [0.5, 0.6) is 5.75 Å². The molecule has 2 aromatic carbocycles. The van der Waals surface area contributed by atoms with Crippen LogP contribution in [0.15, 0.2) is 47.4 Å². The van der Waals surface area contributed by atoms with Crippen LogP contribution in [0.2, 0.25) is 0 Å². The molecule has 0 radical (unpaired) electrons. The normalized spacial score (nSPS) is 11.9. The van der Waals surface area contributed by atoms with E-state index < -0.39 is 15.6 Å². The number of anilines is 1. The van der Waals surface area contributed by atoms with Gasteiger partial charge in [0.2, 0.25) is 10.0 Å². The van der Waals surface area contributed by atoms with Gasteiger partial charge in [-0.05, 0) is 69.5 Å². The Labute approximate surface area is 167 Å². The van der Waals surface area contributed by atoms with Crippen LogP contribution in [0.3, 0.4) is 0 Å². The summed E-state index contributed by atoms with van der Waals surface area (Å²) in [6, 6.07) is 11.9. The molecule has 0 heterocycles. The van der Waals surface area contributed by atoms with E-state index >= 15 is 0 Å². The van der Waals surface area contributed by atoms with Crippen molar-refractivity contribution in [2.45, 2.75) is 51.5 Å². The molecule has 7 heteroatoms. The third kappa shape index (κ3) is 6.07. The molecule has 0 saturated carbocycles. The number of ether oxygens (including phenoxy) is 1. The number of nitrogens with one attached hydrogen (secondary N) is 2. The molecule has 6 nitrogen and oxygen atoms in total. The zero-order valence-electron chi connectivity index (χ0n) is 17.0. The maximum atomic E-state index is 12.3. The molecule has 0 saturated heterocycles. The highest BCUT2D eigenvalue weighted by Crippen LogP contribution is 2.21. The topological polar surface area (TPSA) is 84.5 Å². The number of carbonyl (C=O) groups excluding carboxylic acids is 1. The Balaban J connectivity index is 1.99. The molecule has 2 N–H and O–H groups in total. The van der Waals surface area contributed by atoms with Crippen molar-refractivity contribution in [3.63, 3.8) is 0 Å². The van der Waals surface area contributed by atoms with Crippen LogP contribution in [-0.2, 0) is 21.2 Å². The van der Waals surface area contributed by atoms with Gasteiger partial charge in [-0.25, -0.2) is 13.1 Å². The molecule has 0 unspecified atom stereocenters. The van der Waals surface area contributed by atoms with Gasteiger partial charge in [-0.15, -0.1) is 0 Å². The molecule has 0 aliphatic heterocycles. The third-order valence-electron chi connectivity index (χ3n) is 3.95. The smallest absolute Gasteiger partial charge is 0.262 e. The molecule has 2 rings (SSSR count). The second-order valence-corrected chi connectivity index (χ2v) is 9.31. The quantitative estimate of drug-likeness (QED) is 0.738. The molecule has 0 aliphatic rings. The molecule has 1 amide bonds. The van der Waals surface area contributed by atoms with E-state index in [0.29, 0.717) is 5.75 Å². The molecular formula is C21H28N2O4S. The lowest BCUT2D eigenvalue weighted by Crippen LogP contribution is -2.40. The van der Waals surface area contributed by atoms with Gasteiger partial charge in [-0.3, -0.25) is 4.79 Å². The van der Waals surface area contributed by atoms with Gasteiger partial charge in [-0.1, -0.05) is 25.1 Å². The van der Waals surface area contributed by atoms with E-state index in [0.717, 1.165) is 23.2 Å². The lowest BCUT2D eigenvalue weighted by atomic mass is 10.1. The van der Waals surface area contributed by atoms with Gasteiger partial charge in [-0.2, -0.15) is 0 Å². The number of carbonyl (C=O) groups is 1. The van der Waals surface area contributed by atoms with Crippen molar-refractivity contribution in [1.29, 1.82) is 0 Å². The Kier molecular flexibility index (Phi) is 6.85. The first-order valence-corrected chi connectivity index (χ1v) is 10.7. The van der Waals surface area contributed by atoms with E-state index in [2.05, 4.69) is 10.0 Å². The minimum absolute atomic E-state index is 0.145. The molecule has 28 heavy (non-hydrogen) atoms. The fraction of sp³-hybridized carbons (Fsp3) is 0.381. The Morgan fingerprint density at radius 3 is 2.29 bits per heavy atom. The van der Waals surface area contributed by atoms with Crippen LogP contribution in [0.1, 0.15) is 38.8 Å². The highest BCUT2D eigenvalue weighted by Gasteiger charge is 2.21. The molecule has 2 aromatic rings. The number of rotatable bonds is 7. The van der Waals surface area contributed by atoms with Gasteiger partial charge in [0.05, 0.1) is 4.90 Å². The predicted molar refractivity (Wildman–Crippen MR) is 111 cm³/mol. The number of aryl methyl sites for hydroxylation is 2. The van der Waals surface area contributed by atoms with Gasteiger partial charge in [0.25, 0.3) is 5.91 Å². The zero-order chi connectivity index (χ0) is 20.9. The SMILES string of the molecule is CCc1cccc(C)c1NC(=O)COc1ccc(S(=O)(=O)NC(C)(C)C)cc1. The highest BCUT2D eigenvalue weighted by atomic mass is 32.2. The maximum Gasteiger partial charge on any atom is 0.262 e. The Bertz CT molecular complexity index is 930. The van der Waals surface area contributed by atoms with Gasteiger partial charge in [0, 0.05) is 11.2 Å². The number of amides is 1. The van der Waals surface area contributed by atoms with Crippen molar-refractivity contribution < 1.29 is 17.9 Å². The molecule has 0 aliphatic carbocycles. The fourth-order valence-electron chi connectivity index (χ4n) is 2.70. The Morgan fingerprint density at radius 1 is 1.07 bits per heavy atom. The van der Waals surface area contributed by atoms with Crippen molar-refractivity contribution >= 4 is 21.6 Å². The van der Waals surface area contributed by atoms with Gasteiger partial charge < -0.3 is 10.1 Å². The average Bonchev–Trinajstić information content (AvgIpc) is 2.60. The van der Waals surface area contributed by atoms with Crippen molar-refractivity contribution in [3.8, 4) is 5.75 Å². The minimum atomic E-state index is -3.60. The van der Waals surface area contributed by atoms with Crippen molar-refractivity contribution in [1.82, 2.24) is 4.72 Å². The first-order chi connectivity index (χ1) is 13.0. The Hall–Kier alpha value is -2.38. The van der Waals surface area contributed by atoms with Gasteiger partial charge >= 0.3 is 0 Å². The summed E-state index contributed by atoms with van der Waals surface area (Å²) in [5.41, 5.74) is 2.30. The summed E-state index contributed by atoms with van der Waals surface area (Å²) in [6.07, 6.45) is 0.816. The standard InChI is InChI=1S/C21H28N2O4S/c1-6-16-9-7-8-15(2)20(16)22-19(24)14-27-17-10-12-18(13-11-17)28(25,26)23-21(3,4)5/h7-13,23H,6,14H2,1-5H3,(H,22,24). The molecule has 0 spiro atoms. The van der Waals surface area contributed by atoms with E-state index in [1.807, 2.05) is 32.0 Å². The number of benzene rings is 2. The monoisotopic (exact) mass is 404 g/mol. The number of hydrogen-bond donors (Lipinski definition) is 2. The molecule has 0 fully saturated rings. The van der Waals surface area contributed by atoms with E-state index in [1.54, 1.807) is 20.8 Å². The summed E-state index contributed by atoms with van der Waals surface area (Å²) in [5, 5.41) is 2.89. The van der Waals surface area contributed by atoms with Crippen LogP contribution in [0, 0.1) is 6.92 Å². The predicted octanol–water partition coefficient (Wildman–Crippen LogP) is 3.65.